The average Bonchev–Trinajstić information content (AvgIpc) is 2.52. The highest BCUT2D eigenvalue weighted by atomic mass is 16.6. The van der Waals surface area contributed by atoms with E-state index < -0.39 is 6.09 Å². The highest BCUT2D eigenvalue weighted by Gasteiger charge is 2.25. The Morgan fingerprint density at radius 2 is 2.00 bits per heavy atom. The number of para-hydroxylation sites is 1. The zero-order valence-electron chi connectivity index (χ0n) is 11.4. The van der Waals surface area contributed by atoms with Gasteiger partial charge in [0.15, 0.2) is 0 Å². The standard InChI is InChI=1S/C17H12N2O2/c1-19-15-8-3-2-7-14(15)16(21-17(19)20)10-12-5-4-6-13(9-12)11-18/h2-10H,1H3/b16-10-. The van der Waals surface area contributed by atoms with Gasteiger partial charge in [0.2, 0.25) is 0 Å². The molecule has 0 saturated heterocycles. The molecule has 2 aromatic rings. The second-order valence-electron chi connectivity index (χ2n) is 4.69. The van der Waals surface area contributed by atoms with Crippen LogP contribution in [0.1, 0.15) is 16.7 Å². The number of ether oxygens (including phenoxy) is 1. The van der Waals surface area contributed by atoms with Gasteiger partial charge in [0.25, 0.3) is 0 Å². The Hall–Kier alpha value is -3.06. The van der Waals surface area contributed by atoms with E-state index in [9.17, 15) is 4.79 Å². The molecule has 102 valence electrons. The number of anilines is 1. The first kappa shape index (κ1) is 12.9. The van der Waals surface area contributed by atoms with E-state index in [1.165, 1.54) is 4.90 Å². The normalized spacial score (nSPS) is 15.3. The molecule has 1 amide bonds. The minimum absolute atomic E-state index is 0.420. The molecule has 4 nitrogen and oxygen atoms in total. The van der Waals surface area contributed by atoms with Crippen molar-refractivity contribution in [2.24, 2.45) is 0 Å². The summed E-state index contributed by atoms with van der Waals surface area (Å²) in [4.78, 5) is 13.4. The van der Waals surface area contributed by atoms with E-state index in [0.717, 1.165) is 16.8 Å². The van der Waals surface area contributed by atoms with Crippen molar-refractivity contribution in [1.82, 2.24) is 0 Å². The maximum atomic E-state index is 11.9. The van der Waals surface area contributed by atoms with Gasteiger partial charge in [-0.05, 0) is 35.9 Å². The Bertz CT molecular complexity index is 787. The van der Waals surface area contributed by atoms with Gasteiger partial charge in [-0.2, -0.15) is 5.26 Å². The lowest BCUT2D eigenvalue weighted by Crippen LogP contribution is -2.31. The molecule has 1 aliphatic heterocycles. The van der Waals surface area contributed by atoms with Gasteiger partial charge in [0.05, 0.1) is 17.3 Å². The Balaban J connectivity index is 2.10. The third-order valence-electron chi connectivity index (χ3n) is 3.32. The van der Waals surface area contributed by atoms with Gasteiger partial charge in [-0.15, -0.1) is 0 Å². The topological polar surface area (TPSA) is 53.3 Å². The van der Waals surface area contributed by atoms with Crippen LogP contribution in [0.25, 0.3) is 11.8 Å². The summed E-state index contributed by atoms with van der Waals surface area (Å²) in [5.41, 5.74) is 3.03. The fourth-order valence-electron chi connectivity index (χ4n) is 2.25. The summed E-state index contributed by atoms with van der Waals surface area (Å²) in [7, 11) is 1.67. The second kappa shape index (κ2) is 5.14. The van der Waals surface area contributed by atoms with Crippen molar-refractivity contribution in [3.05, 3.63) is 65.2 Å². The molecule has 4 heteroatoms. The second-order valence-corrected chi connectivity index (χ2v) is 4.69. The number of hydrogen-bond acceptors (Lipinski definition) is 3. The van der Waals surface area contributed by atoms with Gasteiger partial charge in [-0.1, -0.05) is 24.3 Å². The SMILES string of the molecule is CN1C(=O)O/C(=C\c2cccc(C#N)c2)c2ccccc21. The zero-order valence-corrected chi connectivity index (χ0v) is 11.4. The van der Waals surface area contributed by atoms with Gasteiger partial charge < -0.3 is 4.74 Å². The van der Waals surface area contributed by atoms with Crippen LogP contribution in [0.3, 0.4) is 0 Å². The molecule has 2 aromatic carbocycles. The summed E-state index contributed by atoms with van der Waals surface area (Å²) < 4.78 is 5.37. The molecule has 3 rings (SSSR count). The Morgan fingerprint density at radius 1 is 1.19 bits per heavy atom. The maximum Gasteiger partial charge on any atom is 0.419 e. The third kappa shape index (κ3) is 2.37. The fourth-order valence-corrected chi connectivity index (χ4v) is 2.25. The summed E-state index contributed by atoms with van der Waals surface area (Å²) in [6, 6.07) is 16.8. The number of fused-ring (bicyclic) bond motifs is 1. The van der Waals surface area contributed by atoms with Crippen LogP contribution in [-0.2, 0) is 4.74 Å². The van der Waals surface area contributed by atoms with Crippen LogP contribution in [0.5, 0.6) is 0 Å². The van der Waals surface area contributed by atoms with Gasteiger partial charge >= 0.3 is 6.09 Å². The number of carbonyl (C=O) groups is 1. The van der Waals surface area contributed by atoms with E-state index in [1.807, 2.05) is 30.3 Å². The van der Waals surface area contributed by atoms with Crippen molar-refractivity contribution in [3.8, 4) is 6.07 Å². The van der Waals surface area contributed by atoms with Crippen LogP contribution < -0.4 is 4.90 Å². The van der Waals surface area contributed by atoms with Gasteiger partial charge in [0.1, 0.15) is 5.76 Å². The molecule has 0 radical (unpaired) electrons. The number of amides is 1. The Labute approximate surface area is 122 Å². The van der Waals surface area contributed by atoms with E-state index in [4.69, 9.17) is 10.00 Å². The Kier molecular flexibility index (Phi) is 3.17. The zero-order chi connectivity index (χ0) is 14.8. The monoisotopic (exact) mass is 276 g/mol. The first-order valence-corrected chi connectivity index (χ1v) is 6.46. The summed E-state index contributed by atoms with van der Waals surface area (Å²) in [5.74, 6) is 0.490. The van der Waals surface area contributed by atoms with Crippen molar-refractivity contribution in [3.63, 3.8) is 0 Å². The molecular formula is C17H12N2O2. The molecule has 1 aliphatic rings. The summed E-state index contributed by atoms with van der Waals surface area (Å²) in [6.07, 6.45) is 1.35. The van der Waals surface area contributed by atoms with Crippen molar-refractivity contribution in [2.45, 2.75) is 0 Å². The van der Waals surface area contributed by atoms with E-state index >= 15 is 0 Å². The molecule has 1 heterocycles. The van der Waals surface area contributed by atoms with Crippen LogP contribution in [0.2, 0.25) is 0 Å². The summed E-state index contributed by atoms with van der Waals surface area (Å²) in [5, 5.41) is 8.94. The molecule has 0 fully saturated rings. The maximum absolute atomic E-state index is 11.9. The number of nitrogens with zero attached hydrogens (tertiary/aromatic N) is 2. The minimum Gasteiger partial charge on any atom is -0.409 e. The highest BCUT2D eigenvalue weighted by Crippen LogP contribution is 2.34. The molecule has 0 aliphatic carbocycles. The number of rotatable bonds is 1. The molecule has 0 aromatic heterocycles. The van der Waals surface area contributed by atoms with Crippen LogP contribution in [-0.4, -0.2) is 13.1 Å². The van der Waals surface area contributed by atoms with E-state index in [-0.39, 0.29) is 0 Å². The first-order chi connectivity index (χ1) is 10.2. The molecule has 0 unspecified atom stereocenters. The van der Waals surface area contributed by atoms with Crippen LogP contribution in [0.4, 0.5) is 10.5 Å². The number of carbonyl (C=O) groups excluding carboxylic acids is 1. The van der Waals surface area contributed by atoms with E-state index in [0.29, 0.717) is 11.3 Å². The third-order valence-corrected chi connectivity index (χ3v) is 3.32. The lowest BCUT2D eigenvalue weighted by molar-refractivity contribution is 0.199. The van der Waals surface area contributed by atoms with Crippen molar-refractivity contribution < 1.29 is 9.53 Å². The molecule has 0 N–H and O–H groups in total. The van der Waals surface area contributed by atoms with Crippen molar-refractivity contribution in [2.75, 3.05) is 11.9 Å². The molecule has 21 heavy (non-hydrogen) atoms. The van der Waals surface area contributed by atoms with E-state index in [2.05, 4.69) is 6.07 Å². The smallest absolute Gasteiger partial charge is 0.409 e. The Morgan fingerprint density at radius 3 is 2.81 bits per heavy atom. The average molecular weight is 276 g/mol. The number of nitriles is 1. The first-order valence-electron chi connectivity index (χ1n) is 6.46. The van der Waals surface area contributed by atoms with Crippen molar-refractivity contribution in [1.29, 1.82) is 5.26 Å². The van der Waals surface area contributed by atoms with E-state index in [1.54, 1.807) is 31.3 Å². The van der Waals surface area contributed by atoms with Crippen LogP contribution >= 0.6 is 0 Å². The van der Waals surface area contributed by atoms with Gasteiger partial charge in [-0.25, -0.2) is 4.79 Å². The molecule has 0 atom stereocenters. The lowest BCUT2D eigenvalue weighted by Gasteiger charge is -2.26. The molecule has 0 bridgehead atoms. The minimum atomic E-state index is -0.420. The van der Waals surface area contributed by atoms with Crippen LogP contribution in [0.15, 0.2) is 48.5 Å². The lowest BCUT2D eigenvalue weighted by atomic mass is 10.1. The highest BCUT2D eigenvalue weighted by molar-refractivity contribution is 6.01. The fraction of sp³-hybridized carbons (Fsp3) is 0.0588. The molecule has 0 spiro atoms. The number of benzene rings is 2. The largest absolute Gasteiger partial charge is 0.419 e. The van der Waals surface area contributed by atoms with Gasteiger partial charge in [-0.3, -0.25) is 4.90 Å². The van der Waals surface area contributed by atoms with Crippen molar-refractivity contribution >= 4 is 23.6 Å². The quantitative estimate of drug-likeness (QED) is 0.799. The van der Waals surface area contributed by atoms with Crippen LogP contribution in [0, 0.1) is 11.3 Å². The number of cyclic esters (lactones) is 1. The number of hydrogen-bond donors (Lipinski definition) is 0. The molecular weight excluding hydrogens is 264 g/mol. The molecule has 0 saturated carbocycles. The van der Waals surface area contributed by atoms with Gasteiger partial charge in [0, 0.05) is 12.6 Å². The summed E-state index contributed by atoms with van der Waals surface area (Å²) in [6.45, 7) is 0. The predicted molar refractivity (Wildman–Crippen MR) is 80.4 cm³/mol. The summed E-state index contributed by atoms with van der Waals surface area (Å²) >= 11 is 0. The predicted octanol–water partition coefficient (Wildman–Crippen LogP) is 3.64.